The fraction of sp³-hybridized carbons (Fsp3) is 0. The Morgan fingerprint density at radius 1 is 1.19 bits per heavy atom. The molecule has 0 saturated carbocycles. The Balaban J connectivity index is 2.14. The fourth-order valence-corrected chi connectivity index (χ4v) is 1.75. The first-order valence-corrected chi connectivity index (χ1v) is 5.31. The molecule has 0 unspecified atom stereocenters. The van der Waals surface area contributed by atoms with Gasteiger partial charge < -0.3 is 5.73 Å². The molecule has 0 aliphatic rings. The molecule has 0 atom stereocenters. The van der Waals surface area contributed by atoms with E-state index in [1.165, 1.54) is 18.0 Å². The molecule has 0 radical (unpaired) electrons. The average Bonchev–Trinajstić information content (AvgIpc) is 2.31. The van der Waals surface area contributed by atoms with Gasteiger partial charge >= 0.3 is 0 Å². The van der Waals surface area contributed by atoms with E-state index in [1.807, 2.05) is 12.1 Å². The van der Waals surface area contributed by atoms with Crippen LogP contribution in [0.5, 0.6) is 0 Å². The van der Waals surface area contributed by atoms with Crippen LogP contribution in [0.4, 0.5) is 0 Å². The van der Waals surface area contributed by atoms with E-state index in [2.05, 4.69) is 15.0 Å². The Kier molecular flexibility index (Phi) is 3.11. The van der Waals surface area contributed by atoms with Crippen molar-refractivity contribution in [2.75, 3.05) is 0 Å². The predicted molar refractivity (Wildman–Crippen MR) is 61.4 cm³/mol. The number of amidine groups is 1. The number of nitrogens with one attached hydrogen (secondary N) is 1. The summed E-state index contributed by atoms with van der Waals surface area (Å²) in [6, 6.07) is 3.79. The maximum atomic E-state index is 7.19. The summed E-state index contributed by atoms with van der Waals surface area (Å²) in [6.45, 7) is 0. The minimum Gasteiger partial charge on any atom is -0.382 e. The van der Waals surface area contributed by atoms with Crippen LogP contribution >= 0.6 is 11.8 Å². The molecule has 6 heteroatoms. The van der Waals surface area contributed by atoms with E-state index in [-0.39, 0.29) is 5.84 Å². The van der Waals surface area contributed by atoms with Crippen molar-refractivity contribution in [3.05, 3.63) is 42.6 Å². The third-order valence-corrected chi connectivity index (χ3v) is 2.70. The second-order valence-electron chi connectivity index (χ2n) is 2.94. The van der Waals surface area contributed by atoms with Crippen molar-refractivity contribution in [1.29, 1.82) is 5.41 Å². The van der Waals surface area contributed by atoms with Gasteiger partial charge in [-0.1, -0.05) is 11.8 Å². The number of pyridine rings is 1. The van der Waals surface area contributed by atoms with Gasteiger partial charge in [0.15, 0.2) is 0 Å². The lowest BCUT2D eigenvalue weighted by Gasteiger charge is -2.00. The molecule has 5 nitrogen and oxygen atoms in total. The van der Waals surface area contributed by atoms with Crippen LogP contribution in [-0.4, -0.2) is 20.8 Å². The second kappa shape index (κ2) is 4.71. The lowest BCUT2D eigenvalue weighted by Crippen LogP contribution is -2.13. The van der Waals surface area contributed by atoms with Crippen LogP contribution in [0.1, 0.15) is 5.69 Å². The molecule has 0 aromatic carbocycles. The molecule has 3 N–H and O–H groups in total. The molecule has 2 heterocycles. The third-order valence-electron chi connectivity index (χ3n) is 1.78. The molecule has 0 fully saturated rings. The van der Waals surface area contributed by atoms with Crippen LogP contribution in [0, 0.1) is 5.41 Å². The molecule has 0 saturated heterocycles. The molecule has 0 aliphatic carbocycles. The second-order valence-corrected chi connectivity index (χ2v) is 4.03. The van der Waals surface area contributed by atoms with Crippen molar-refractivity contribution >= 4 is 17.6 Å². The van der Waals surface area contributed by atoms with Gasteiger partial charge in [-0.2, -0.15) is 0 Å². The number of aromatic nitrogens is 3. The summed E-state index contributed by atoms with van der Waals surface area (Å²) >= 11 is 1.48. The number of nitrogens with two attached hydrogens (primary N) is 1. The van der Waals surface area contributed by atoms with Crippen LogP contribution < -0.4 is 5.73 Å². The van der Waals surface area contributed by atoms with E-state index in [0.717, 1.165) is 9.92 Å². The molecule has 2 aromatic rings. The third kappa shape index (κ3) is 2.54. The highest BCUT2D eigenvalue weighted by molar-refractivity contribution is 7.99. The average molecular weight is 231 g/mol. The first-order valence-electron chi connectivity index (χ1n) is 4.50. The van der Waals surface area contributed by atoms with Gasteiger partial charge in [0, 0.05) is 17.3 Å². The molecule has 0 amide bonds. The van der Waals surface area contributed by atoms with Gasteiger partial charge in [-0.25, -0.2) is 9.97 Å². The monoisotopic (exact) mass is 231 g/mol. The molecule has 2 rings (SSSR count). The molecular formula is C10H9N5S. The van der Waals surface area contributed by atoms with Crippen LogP contribution in [-0.2, 0) is 0 Å². The molecule has 0 bridgehead atoms. The van der Waals surface area contributed by atoms with Crippen molar-refractivity contribution in [3.63, 3.8) is 0 Å². The Morgan fingerprint density at radius 2 is 1.94 bits per heavy atom. The lowest BCUT2D eigenvalue weighted by atomic mass is 10.4. The Hall–Kier alpha value is -1.95. The maximum Gasteiger partial charge on any atom is 0.143 e. The van der Waals surface area contributed by atoms with Crippen molar-refractivity contribution in [1.82, 2.24) is 15.0 Å². The first kappa shape index (κ1) is 10.6. The van der Waals surface area contributed by atoms with Gasteiger partial charge in [-0.05, 0) is 12.1 Å². The highest BCUT2D eigenvalue weighted by atomic mass is 32.2. The summed E-state index contributed by atoms with van der Waals surface area (Å²) < 4.78 is 0. The summed E-state index contributed by atoms with van der Waals surface area (Å²) in [6.07, 6.45) is 6.53. The minimum atomic E-state index is -0.0760. The lowest BCUT2D eigenvalue weighted by molar-refractivity contribution is 1.04. The van der Waals surface area contributed by atoms with E-state index < -0.39 is 0 Å². The van der Waals surface area contributed by atoms with Gasteiger partial charge in [0.05, 0.1) is 12.4 Å². The molecule has 2 aromatic heterocycles. The zero-order valence-corrected chi connectivity index (χ0v) is 9.11. The summed E-state index contributed by atoms with van der Waals surface area (Å²) in [5, 5.41) is 7.95. The normalized spacial score (nSPS) is 10.0. The molecule has 80 valence electrons. The van der Waals surface area contributed by atoms with Crippen LogP contribution in [0.25, 0.3) is 0 Å². The van der Waals surface area contributed by atoms with Crippen LogP contribution in [0.2, 0.25) is 0 Å². The minimum absolute atomic E-state index is 0.0760. The van der Waals surface area contributed by atoms with E-state index in [4.69, 9.17) is 11.1 Å². The molecular weight excluding hydrogens is 222 g/mol. The predicted octanol–water partition coefficient (Wildman–Crippen LogP) is 1.31. The van der Waals surface area contributed by atoms with E-state index in [9.17, 15) is 0 Å². The molecule has 0 aliphatic heterocycles. The van der Waals surface area contributed by atoms with Crippen molar-refractivity contribution in [2.24, 2.45) is 5.73 Å². The molecule has 16 heavy (non-hydrogen) atoms. The van der Waals surface area contributed by atoms with Gasteiger partial charge in [0.2, 0.25) is 0 Å². The fourth-order valence-electron chi connectivity index (χ4n) is 1.04. The van der Waals surface area contributed by atoms with Gasteiger partial charge in [0.1, 0.15) is 16.6 Å². The maximum absolute atomic E-state index is 7.19. The van der Waals surface area contributed by atoms with Gasteiger partial charge in [-0.3, -0.25) is 10.4 Å². The highest BCUT2D eigenvalue weighted by Crippen LogP contribution is 2.23. The van der Waals surface area contributed by atoms with E-state index in [1.54, 1.807) is 18.6 Å². The largest absolute Gasteiger partial charge is 0.382 e. The Bertz CT molecular complexity index is 482. The number of nitrogens with zero attached hydrogens (tertiary/aromatic N) is 3. The zero-order valence-electron chi connectivity index (χ0n) is 8.29. The number of hydrogen-bond donors (Lipinski definition) is 2. The standard InChI is InChI=1S/C10H9N5S/c11-10(12)8-5-15-9(6-14-8)16-7-1-3-13-4-2-7/h1-6H,(H3,11,12). The number of rotatable bonds is 3. The zero-order chi connectivity index (χ0) is 11.4. The summed E-state index contributed by atoms with van der Waals surface area (Å²) in [5.41, 5.74) is 5.67. The Morgan fingerprint density at radius 3 is 2.50 bits per heavy atom. The number of nitrogen functional groups attached to an aromatic ring is 1. The highest BCUT2D eigenvalue weighted by Gasteiger charge is 2.01. The Labute approximate surface area is 96.7 Å². The summed E-state index contributed by atoms with van der Waals surface area (Å²) in [5.74, 6) is -0.0760. The van der Waals surface area contributed by atoms with Crippen molar-refractivity contribution < 1.29 is 0 Å². The van der Waals surface area contributed by atoms with Crippen molar-refractivity contribution in [3.8, 4) is 0 Å². The summed E-state index contributed by atoms with van der Waals surface area (Å²) in [4.78, 5) is 13.2. The van der Waals surface area contributed by atoms with Crippen LogP contribution in [0.3, 0.4) is 0 Å². The summed E-state index contributed by atoms with van der Waals surface area (Å²) in [7, 11) is 0. The first-order chi connectivity index (χ1) is 7.75. The van der Waals surface area contributed by atoms with Gasteiger partial charge in [0.25, 0.3) is 0 Å². The van der Waals surface area contributed by atoms with Crippen molar-refractivity contribution in [2.45, 2.75) is 9.92 Å². The smallest absolute Gasteiger partial charge is 0.143 e. The van der Waals surface area contributed by atoms with Crippen LogP contribution in [0.15, 0.2) is 46.8 Å². The van der Waals surface area contributed by atoms with Gasteiger partial charge in [-0.15, -0.1) is 0 Å². The van der Waals surface area contributed by atoms with E-state index in [0.29, 0.717) is 5.69 Å². The van der Waals surface area contributed by atoms with E-state index >= 15 is 0 Å². The number of hydrogen-bond acceptors (Lipinski definition) is 5. The molecule has 0 spiro atoms. The topological polar surface area (TPSA) is 88.5 Å². The SMILES string of the molecule is N=C(N)c1cnc(Sc2ccncc2)cn1. The quantitative estimate of drug-likeness (QED) is 0.614.